The van der Waals surface area contributed by atoms with E-state index in [9.17, 15) is 14.4 Å². The molecule has 3 aromatic carbocycles. The highest BCUT2D eigenvalue weighted by atomic mass is 16.2. The van der Waals surface area contributed by atoms with Crippen molar-refractivity contribution < 1.29 is 14.4 Å². The predicted molar refractivity (Wildman–Crippen MR) is 124 cm³/mol. The number of carbonyl (C=O) groups excluding carboxylic acids is 3. The molecule has 6 heteroatoms. The molecule has 6 nitrogen and oxygen atoms in total. The second kappa shape index (κ2) is 10.1. The zero-order chi connectivity index (χ0) is 22.3. The summed E-state index contributed by atoms with van der Waals surface area (Å²) < 4.78 is 0. The van der Waals surface area contributed by atoms with Gasteiger partial charge in [0.05, 0.1) is 0 Å². The SMILES string of the molecule is O=C(NCCCC(=O)N1CCN(C(=O)c2cccc3ccccc23)CC1)c1ccccc1. The molecule has 32 heavy (non-hydrogen) atoms. The molecule has 164 valence electrons. The van der Waals surface area contributed by atoms with E-state index in [1.54, 1.807) is 12.1 Å². The van der Waals surface area contributed by atoms with Gasteiger partial charge in [-0.05, 0) is 35.4 Å². The number of nitrogens with zero attached hydrogens (tertiary/aromatic N) is 2. The highest BCUT2D eigenvalue weighted by Crippen LogP contribution is 2.20. The lowest BCUT2D eigenvalue weighted by Gasteiger charge is -2.35. The Bertz CT molecular complexity index is 1100. The summed E-state index contributed by atoms with van der Waals surface area (Å²) in [5.41, 5.74) is 1.32. The van der Waals surface area contributed by atoms with E-state index in [-0.39, 0.29) is 17.7 Å². The van der Waals surface area contributed by atoms with Gasteiger partial charge in [0.25, 0.3) is 11.8 Å². The molecule has 1 aliphatic heterocycles. The molecule has 1 heterocycles. The smallest absolute Gasteiger partial charge is 0.254 e. The van der Waals surface area contributed by atoms with Gasteiger partial charge >= 0.3 is 0 Å². The summed E-state index contributed by atoms with van der Waals surface area (Å²) in [7, 11) is 0. The molecular formula is C26H27N3O3. The first-order valence-electron chi connectivity index (χ1n) is 11.0. The topological polar surface area (TPSA) is 69.7 Å². The molecule has 1 fully saturated rings. The number of amides is 3. The fraction of sp³-hybridized carbons (Fsp3) is 0.269. The lowest BCUT2D eigenvalue weighted by atomic mass is 10.0. The Morgan fingerprint density at radius 3 is 2.19 bits per heavy atom. The van der Waals surface area contributed by atoms with Crippen LogP contribution in [-0.4, -0.2) is 60.2 Å². The number of nitrogens with one attached hydrogen (secondary N) is 1. The van der Waals surface area contributed by atoms with Crippen LogP contribution < -0.4 is 5.32 Å². The minimum Gasteiger partial charge on any atom is -0.352 e. The number of fused-ring (bicyclic) bond motifs is 1. The van der Waals surface area contributed by atoms with Crippen molar-refractivity contribution in [3.05, 3.63) is 83.9 Å². The van der Waals surface area contributed by atoms with E-state index in [0.29, 0.717) is 56.7 Å². The van der Waals surface area contributed by atoms with Crippen LogP contribution in [0.3, 0.4) is 0 Å². The van der Waals surface area contributed by atoms with Crippen molar-refractivity contribution in [1.29, 1.82) is 0 Å². The standard InChI is InChI=1S/C26H27N3O3/c30-24(14-7-15-27-25(31)21-9-2-1-3-10-21)28-16-18-29(19-17-28)26(32)23-13-6-11-20-8-4-5-12-22(20)23/h1-6,8-13H,7,14-19H2,(H,27,31). The van der Waals surface area contributed by atoms with Crippen LogP contribution in [0.15, 0.2) is 72.8 Å². The molecule has 0 aromatic heterocycles. The van der Waals surface area contributed by atoms with Gasteiger partial charge in [0, 0.05) is 50.3 Å². The Labute approximate surface area is 187 Å². The van der Waals surface area contributed by atoms with Crippen LogP contribution in [0.5, 0.6) is 0 Å². The summed E-state index contributed by atoms with van der Waals surface area (Å²) in [5, 5.41) is 4.85. The molecule has 0 radical (unpaired) electrons. The van der Waals surface area contributed by atoms with E-state index in [2.05, 4.69) is 5.32 Å². The van der Waals surface area contributed by atoms with Crippen molar-refractivity contribution in [3.8, 4) is 0 Å². The van der Waals surface area contributed by atoms with Crippen LogP contribution in [0.25, 0.3) is 10.8 Å². The van der Waals surface area contributed by atoms with Crippen molar-refractivity contribution >= 4 is 28.5 Å². The van der Waals surface area contributed by atoms with Gasteiger partial charge in [-0.2, -0.15) is 0 Å². The third kappa shape index (κ3) is 4.97. The van der Waals surface area contributed by atoms with Crippen LogP contribution in [0.4, 0.5) is 0 Å². The van der Waals surface area contributed by atoms with Gasteiger partial charge < -0.3 is 15.1 Å². The zero-order valence-electron chi connectivity index (χ0n) is 18.0. The average Bonchev–Trinajstić information content (AvgIpc) is 2.86. The molecule has 1 saturated heterocycles. The summed E-state index contributed by atoms with van der Waals surface area (Å²) in [6.45, 7) is 2.58. The van der Waals surface area contributed by atoms with E-state index in [4.69, 9.17) is 0 Å². The minimum atomic E-state index is -0.126. The first-order chi connectivity index (χ1) is 15.6. The van der Waals surface area contributed by atoms with E-state index >= 15 is 0 Å². The fourth-order valence-corrected chi connectivity index (χ4v) is 4.03. The normalized spacial score (nSPS) is 13.8. The Hall–Kier alpha value is -3.67. The van der Waals surface area contributed by atoms with Gasteiger partial charge in [-0.1, -0.05) is 54.6 Å². The summed E-state index contributed by atoms with van der Waals surface area (Å²) in [5.74, 6) is -0.0487. The lowest BCUT2D eigenvalue weighted by Crippen LogP contribution is -2.50. The number of hydrogen-bond donors (Lipinski definition) is 1. The largest absolute Gasteiger partial charge is 0.352 e. The van der Waals surface area contributed by atoms with E-state index in [0.717, 1.165) is 10.8 Å². The Kier molecular flexibility index (Phi) is 6.80. The van der Waals surface area contributed by atoms with Crippen LogP contribution in [0.2, 0.25) is 0 Å². The summed E-state index contributed by atoms with van der Waals surface area (Å²) in [6, 6.07) is 22.7. The molecular weight excluding hydrogens is 402 g/mol. The first kappa shape index (κ1) is 21.6. The number of benzene rings is 3. The average molecular weight is 430 g/mol. The molecule has 3 aromatic rings. The Morgan fingerprint density at radius 1 is 0.750 bits per heavy atom. The highest BCUT2D eigenvalue weighted by Gasteiger charge is 2.25. The second-order valence-electron chi connectivity index (χ2n) is 7.93. The maximum atomic E-state index is 13.1. The molecule has 4 rings (SSSR count). The molecule has 1 N–H and O–H groups in total. The molecule has 3 amide bonds. The molecule has 0 aliphatic carbocycles. The fourth-order valence-electron chi connectivity index (χ4n) is 4.03. The quantitative estimate of drug-likeness (QED) is 0.611. The van der Waals surface area contributed by atoms with Crippen molar-refractivity contribution in [1.82, 2.24) is 15.1 Å². The maximum Gasteiger partial charge on any atom is 0.254 e. The lowest BCUT2D eigenvalue weighted by molar-refractivity contribution is -0.132. The third-order valence-corrected chi connectivity index (χ3v) is 5.83. The Morgan fingerprint density at radius 2 is 1.41 bits per heavy atom. The minimum absolute atomic E-state index is 0.0116. The van der Waals surface area contributed by atoms with Gasteiger partial charge in [-0.25, -0.2) is 0 Å². The van der Waals surface area contributed by atoms with Crippen LogP contribution in [0, 0.1) is 0 Å². The molecule has 0 saturated carbocycles. The number of rotatable bonds is 6. The van der Waals surface area contributed by atoms with Gasteiger partial charge in [0.1, 0.15) is 0 Å². The van der Waals surface area contributed by atoms with Crippen molar-refractivity contribution in [2.75, 3.05) is 32.7 Å². The summed E-state index contributed by atoms with van der Waals surface area (Å²) in [6.07, 6.45) is 0.971. The zero-order valence-corrected chi connectivity index (χ0v) is 18.0. The number of carbonyl (C=O) groups is 3. The van der Waals surface area contributed by atoms with Gasteiger partial charge in [0.2, 0.25) is 5.91 Å². The monoisotopic (exact) mass is 429 g/mol. The number of hydrogen-bond acceptors (Lipinski definition) is 3. The maximum absolute atomic E-state index is 13.1. The van der Waals surface area contributed by atoms with Crippen LogP contribution in [0.1, 0.15) is 33.6 Å². The van der Waals surface area contributed by atoms with Crippen molar-refractivity contribution in [3.63, 3.8) is 0 Å². The van der Waals surface area contributed by atoms with Gasteiger partial charge in [-0.15, -0.1) is 0 Å². The van der Waals surface area contributed by atoms with E-state index in [1.165, 1.54) is 0 Å². The highest BCUT2D eigenvalue weighted by molar-refractivity contribution is 6.07. The summed E-state index contributed by atoms with van der Waals surface area (Å²) in [4.78, 5) is 41.3. The molecule has 0 spiro atoms. The predicted octanol–water partition coefficient (Wildman–Crippen LogP) is 3.33. The van der Waals surface area contributed by atoms with E-state index in [1.807, 2.05) is 70.5 Å². The van der Waals surface area contributed by atoms with E-state index < -0.39 is 0 Å². The van der Waals surface area contributed by atoms with Gasteiger partial charge in [-0.3, -0.25) is 14.4 Å². The molecule has 1 aliphatic rings. The van der Waals surface area contributed by atoms with Gasteiger partial charge in [0.15, 0.2) is 0 Å². The molecule has 0 bridgehead atoms. The van der Waals surface area contributed by atoms with Crippen LogP contribution in [-0.2, 0) is 4.79 Å². The first-order valence-corrected chi connectivity index (χ1v) is 11.0. The second-order valence-corrected chi connectivity index (χ2v) is 7.93. The van der Waals surface area contributed by atoms with Crippen molar-refractivity contribution in [2.45, 2.75) is 12.8 Å². The Balaban J connectivity index is 1.23. The molecule has 0 unspecified atom stereocenters. The molecule has 0 atom stereocenters. The third-order valence-electron chi connectivity index (χ3n) is 5.83. The van der Waals surface area contributed by atoms with Crippen LogP contribution >= 0.6 is 0 Å². The summed E-state index contributed by atoms with van der Waals surface area (Å²) >= 11 is 0. The van der Waals surface area contributed by atoms with Crippen molar-refractivity contribution in [2.24, 2.45) is 0 Å². The number of piperazine rings is 1.